The average Bonchev–Trinajstić information content (AvgIpc) is 3.08. The number of fused-ring (bicyclic) bond motifs is 1. The van der Waals surface area contributed by atoms with Gasteiger partial charge in [-0.05, 0) is 67.5 Å². The van der Waals surface area contributed by atoms with Gasteiger partial charge in [0.1, 0.15) is 11.3 Å². The lowest BCUT2D eigenvalue weighted by atomic mass is 10.1. The van der Waals surface area contributed by atoms with Crippen LogP contribution in [0.15, 0.2) is 80.9 Å². The molecule has 1 fully saturated rings. The number of rotatable bonds is 5. The molecule has 0 spiro atoms. The maximum absolute atomic E-state index is 14.7. The predicted octanol–water partition coefficient (Wildman–Crippen LogP) is 5.99. The lowest BCUT2D eigenvalue weighted by Crippen LogP contribution is -2.36. The van der Waals surface area contributed by atoms with Crippen molar-refractivity contribution < 1.29 is 8.81 Å². The van der Waals surface area contributed by atoms with E-state index in [9.17, 15) is 4.39 Å². The Hall–Kier alpha value is -2.63. The summed E-state index contributed by atoms with van der Waals surface area (Å²) < 4.78 is 20.5. The number of likely N-dealkylation sites (tertiary alicyclic amines) is 1. The van der Waals surface area contributed by atoms with Crippen molar-refractivity contribution in [3.05, 3.63) is 78.1 Å². The van der Waals surface area contributed by atoms with E-state index >= 15 is 0 Å². The van der Waals surface area contributed by atoms with Crippen LogP contribution in [-0.4, -0.2) is 23.0 Å². The number of nitrogens with zero attached hydrogens (tertiary/aromatic N) is 2. The van der Waals surface area contributed by atoms with Crippen LogP contribution in [0.25, 0.3) is 22.6 Å². The zero-order valence-electron chi connectivity index (χ0n) is 15.3. The van der Waals surface area contributed by atoms with Gasteiger partial charge >= 0.3 is 0 Å². The van der Waals surface area contributed by atoms with E-state index in [0.717, 1.165) is 40.5 Å². The molecule has 1 aliphatic heterocycles. The van der Waals surface area contributed by atoms with Gasteiger partial charge in [0.25, 0.3) is 0 Å². The largest absolute Gasteiger partial charge is 0.436 e. The highest BCUT2D eigenvalue weighted by Crippen LogP contribution is 2.32. The summed E-state index contributed by atoms with van der Waals surface area (Å²) in [5, 5.41) is 0. The number of hydrogen-bond acceptors (Lipinski definition) is 4. The first kappa shape index (κ1) is 17.5. The summed E-state index contributed by atoms with van der Waals surface area (Å²) in [7, 11) is 0. The third kappa shape index (κ3) is 3.55. The molecular weight excluding hydrogens is 371 g/mol. The highest BCUT2D eigenvalue weighted by atomic mass is 32.2. The Kier molecular flexibility index (Phi) is 4.63. The van der Waals surface area contributed by atoms with Crippen LogP contribution in [0.4, 0.5) is 4.39 Å². The summed E-state index contributed by atoms with van der Waals surface area (Å²) in [5.74, 6) is 0.0355. The van der Waals surface area contributed by atoms with Gasteiger partial charge in [-0.3, -0.25) is 4.90 Å². The zero-order chi connectivity index (χ0) is 18.9. The van der Waals surface area contributed by atoms with Crippen molar-refractivity contribution in [2.24, 2.45) is 0 Å². The smallest absolute Gasteiger partial charge is 0.230 e. The summed E-state index contributed by atoms with van der Waals surface area (Å²) in [6.07, 6.45) is 1.23. The second kappa shape index (κ2) is 7.41. The second-order valence-corrected chi connectivity index (χ2v) is 8.15. The molecule has 1 aliphatic rings. The SMILES string of the molecule is Fc1cc(CN2CCC2)ccc1-c1nc2cc(Sc3ccccc3)ccc2o1. The molecular formula is C23H19FN2OS. The Balaban J connectivity index is 1.41. The summed E-state index contributed by atoms with van der Waals surface area (Å²) in [6, 6.07) is 21.4. The highest BCUT2D eigenvalue weighted by Gasteiger charge is 2.17. The fraction of sp³-hybridized carbons (Fsp3) is 0.174. The van der Waals surface area contributed by atoms with E-state index in [-0.39, 0.29) is 5.82 Å². The molecule has 0 unspecified atom stereocenters. The maximum atomic E-state index is 14.7. The van der Waals surface area contributed by atoms with Crippen molar-refractivity contribution in [3.8, 4) is 11.5 Å². The van der Waals surface area contributed by atoms with Gasteiger partial charge in [-0.25, -0.2) is 9.37 Å². The minimum atomic E-state index is -0.288. The molecule has 5 rings (SSSR count). The molecule has 5 heteroatoms. The molecule has 28 heavy (non-hydrogen) atoms. The fourth-order valence-electron chi connectivity index (χ4n) is 3.34. The van der Waals surface area contributed by atoms with E-state index in [4.69, 9.17) is 4.42 Å². The fourth-order valence-corrected chi connectivity index (χ4v) is 4.21. The third-order valence-electron chi connectivity index (χ3n) is 4.96. The Labute approximate surface area is 167 Å². The van der Waals surface area contributed by atoms with E-state index in [0.29, 0.717) is 17.0 Å². The Bertz CT molecular complexity index is 1120. The third-order valence-corrected chi connectivity index (χ3v) is 5.95. The quantitative estimate of drug-likeness (QED) is 0.418. The predicted molar refractivity (Wildman–Crippen MR) is 110 cm³/mol. The average molecular weight is 390 g/mol. The van der Waals surface area contributed by atoms with Crippen LogP contribution in [-0.2, 0) is 6.54 Å². The topological polar surface area (TPSA) is 29.3 Å². The molecule has 0 N–H and O–H groups in total. The Morgan fingerprint density at radius 3 is 2.57 bits per heavy atom. The number of halogens is 1. The van der Waals surface area contributed by atoms with Crippen LogP contribution in [0, 0.1) is 5.82 Å². The van der Waals surface area contributed by atoms with E-state index < -0.39 is 0 Å². The van der Waals surface area contributed by atoms with Crippen LogP contribution in [0.3, 0.4) is 0 Å². The summed E-state index contributed by atoms with van der Waals surface area (Å²) in [6.45, 7) is 2.99. The van der Waals surface area contributed by atoms with E-state index in [2.05, 4.69) is 22.0 Å². The first-order valence-electron chi connectivity index (χ1n) is 9.39. The molecule has 3 aromatic carbocycles. The van der Waals surface area contributed by atoms with Crippen LogP contribution >= 0.6 is 11.8 Å². The molecule has 0 aliphatic carbocycles. The minimum absolute atomic E-state index is 0.288. The van der Waals surface area contributed by atoms with Crippen LogP contribution in [0.5, 0.6) is 0 Å². The number of oxazole rings is 1. The van der Waals surface area contributed by atoms with Gasteiger partial charge in [-0.2, -0.15) is 0 Å². The number of aromatic nitrogens is 1. The summed E-state index contributed by atoms with van der Waals surface area (Å²) in [5.41, 5.74) is 2.79. The molecule has 4 aromatic rings. The van der Waals surface area contributed by atoms with Gasteiger partial charge in [-0.1, -0.05) is 36.0 Å². The van der Waals surface area contributed by atoms with Crippen molar-refractivity contribution in [2.45, 2.75) is 22.8 Å². The Morgan fingerprint density at radius 1 is 0.964 bits per heavy atom. The first-order valence-corrected chi connectivity index (χ1v) is 10.2. The number of hydrogen-bond donors (Lipinski definition) is 0. The van der Waals surface area contributed by atoms with Crippen molar-refractivity contribution >= 4 is 22.9 Å². The van der Waals surface area contributed by atoms with Gasteiger partial charge in [0.2, 0.25) is 5.89 Å². The standard InChI is InChI=1S/C23H19FN2OS/c24-20-13-16(15-26-11-4-12-26)7-9-19(20)23-25-21-14-18(8-10-22(21)27-23)28-17-5-2-1-3-6-17/h1-3,5-10,13-14H,4,11-12,15H2. The summed E-state index contributed by atoms with van der Waals surface area (Å²) in [4.78, 5) is 9.07. The molecule has 0 atom stereocenters. The van der Waals surface area contributed by atoms with Crippen LogP contribution in [0.2, 0.25) is 0 Å². The molecule has 0 radical (unpaired) electrons. The van der Waals surface area contributed by atoms with Crippen molar-refractivity contribution in [1.82, 2.24) is 9.88 Å². The lowest BCUT2D eigenvalue weighted by molar-refractivity contribution is 0.172. The van der Waals surface area contributed by atoms with Gasteiger partial charge in [0.15, 0.2) is 5.58 Å². The van der Waals surface area contributed by atoms with E-state index in [1.807, 2.05) is 42.5 Å². The Morgan fingerprint density at radius 2 is 1.82 bits per heavy atom. The molecule has 0 amide bonds. The van der Waals surface area contributed by atoms with Gasteiger partial charge in [0, 0.05) is 16.3 Å². The van der Waals surface area contributed by atoms with Gasteiger partial charge < -0.3 is 4.42 Å². The van der Waals surface area contributed by atoms with Crippen LogP contribution in [0.1, 0.15) is 12.0 Å². The van der Waals surface area contributed by atoms with Gasteiger partial charge in [-0.15, -0.1) is 0 Å². The molecule has 140 valence electrons. The highest BCUT2D eigenvalue weighted by molar-refractivity contribution is 7.99. The summed E-state index contributed by atoms with van der Waals surface area (Å²) >= 11 is 1.67. The minimum Gasteiger partial charge on any atom is -0.436 e. The second-order valence-electron chi connectivity index (χ2n) is 7.01. The lowest BCUT2D eigenvalue weighted by Gasteiger charge is -2.30. The van der Waals surface area contributed by atoms with E-state index in [1.165, 1.54) is 6.42 Å². The molecule has 0 bridgehead atoms. The van der Waals surface area contributed by atoms with Crippen molar-refractivity contribution in [1.29, 1.82) is 0 Å². The first-order chi connectivity index (χ1) is 13.7. The molecule has 0 saturated carbocycles. The van der Waals surface area contributed by atoms with Crippen LogP contribution < -0.4 is 0 Å². The maximum Gasteiger partial charge on any atom is 0.230 e. The zero-order valence-corrected chi connectivity index (χ0v) is 16.1. The van der Waals surface area contributed by atoms with Crippen molar-refractivity contribution in [2.75, 3.05) is 13.1 Å². The molecule has 1 saturated heterocycles. The van der Waals surface area contributed by atoms with Gasteiger partial charge in [0.05, 0.1) is 5.56 Å². The molecule has 1 aromatic heterocycles. The van der Waals surface area contributed by atoms with Crippen molar-refractivity contribution in [3.63, 3.8) is 0 Å². The number of benzene rings is 3. The normalized spacial score (nSPS) is 14.3. The van der Waals surface area contributed by atoms with E-state index in [1.54, 1.807) is 23.9 Å². The molecule has 3 nitrogen and oxygen atoms in total. The monoisotopic (exact) mass is 390 g/mol. The molecule has 2 heterocycles.